The Morgan fingerprint density at radius 3 is 1.55 bits per heavy atom. The van der Waals surface area contributed by atoms with E-state index in [1.54, 1.807) is 47.3 Å². The Labute approximate surface area is 554 Å². The number of aromatic nitrogens is 12. The molecule has 0 radical (unpaired) electrons. The van der Waals surface area contributed by atoms with Crippen LogP contribution in [0.15, 0.2) is 134 Å². The Morgan fingerprint density at radius 2 is 0.980 bits per heavy atom. The van der Waals surface area contributed by atoms with E-state index in [4.69, 9.17) is 35.6 Å². The highest BCUT2D eigenvalue weighted by Gasteiger charge is 2.25. The molecule has 3 aliphatic heterocycles. The molecule has 6 aromatic carbocycles. The second-order valence-electron chi connectivity index (χ2n) is 23.0. The number of hydrogen-bond donors (Lipinski definition) is 7. The normalized spacial score (nSPS) is 13.5. The number of carbonyl (C=O) groups excluding carboxylic acids is 3. The van der Waals surface area contributed by atoms with Crippen LogP contribution in [0.4, 0.5) is 45.4 Å². The Balaban J connectivity index is 0.000000132. The first kappa shape index (κ1) is 65.0. The van der Waals surface area contributed by atoms with Gasteiger partial charge >= 0.3 is 0 Å². The van der Waals surface area contributed by atoms with Crippen molar-refractivity contribution in [3.8, 4) is 11.9 Å². The Bertz CT molecular complexity index is 5010. The lowest BCUT2D eigenvalue weighted by Crippen LogP contribution is -2.18. The molecule has 3 amide bonds. The second kappa shape index (κ2) is 29.1. The van der Waals surface area contributed by atoms with E-state index >= 15 is 0 Å². The van der Waals surface area contributed by atoms with Crippen molar-refractivity contribution in [2.24, 2.45) is 11.5 Å². The quantitative estimate of drug-likeness (QED) is 0.0470. The van der Waals surface area contributed by atoms with Gasteiger partial charge < -0.3 is 41.6 Å². The molecule has 12 aromatic rings. The molecular weight excluding hydrogens is 1270 g/mol. The molecular formula is C69H61F5N18O6. The first-order chi connectivity index (χ1) is 47.7. The maximum Gasteiger partial charge on any atom is 0.258 e. The number of ether oxygens (including phenoxy) is 3. The number of aromatic amines is 1. The van der Waals surface area contributed by atoms with Crippen molar-refractivity contribution in [2.75, 3.05) is 54.3 Å². The Hall–Kier alpha value is -11.7. The standard InChI is InChI=1S/2C23H20F2N6O2.C23H21FN6O2/c24-14-4-1-3-13(7-14)10-26-21-18-12-33-6-2-5-19(18)28-23(29-21)30-22(32)16-8-15(25)9-20-17(16)11-27-31-20;24-14-3-1-2-13(8-14)11-27-22-16-4-6-33-7-5-19(16)29-23(30-22)31-20-10-15(25)9-17(21(26)32)18(20)12-28-31;24-15-4-1-3-14(11-15)12-26-22-17-7-9-32-10-8-19(17)28-23(29-22)30-20-6-2-5-16(21(25)31)18(20)13-27-30/h1,3-4,7-9,11H,2,5-6,10,12H2,(H,27,31)(H2,26,28,29,30,32);1-3,8-10,12H,4-7,11H2,(H2,26,32)(H,27,29,30);1-6,11,13H,7-10,12H2,(H2,25,31)(H,26,28,29). The monoisotopic (exact) mass is 1330 g/mol. The number of primary amides is 2. The van der Waals surface area contributed by atoms with E-state index in [2.05, 4.69) is 61.6 Å². The number of aryl methyl sites for hydroxylation is 1. The van der Waals surface area contributed by atoms with Gasteiger partial charge in [-0.1, -0.05) is 42.5 Å². The predicted molar refractivity (Wildman–Crippen MR) is 352 cm³/mol. The van der Waals surface area contributed by atoms with E-state index in [-0.39, 0.29) is 40.5 Å². The van der Waals surface area contributed by atoms with E-state index in [0.29, 0.717) is 153 Å². The molecule has 3 aliphatic rings. The third kappa shape index (κ3) is 14.7. The summed E-state index contributed by atoms with van der Waals surface area (Å²) in [6.45, 7) is 4.19. The number of nitrogens with zero attached hydrogens (tertiary/aromatic N) is 11. The van der Waals surface area contributed by atoms with Crippen molar-refractivity contribution in [3.05, 3.63) is 230 Å². The van der Waals surface area contributed by atoms with Crippen LogP contribution >= 0.6 is 0 Å². The van der Waals surface area contributed by atoms with Crippen molar-refractivity contribution in [1.82, 2.24) is 59.7 Å². The van der Waals surface area contributed by atoms with Crippen LogP contribution in [0.25, 0.3) is 44.6 Å². The molecule has 498 valence electrons. The summed E-state index contributed by atoms with van der Waals surface area (Å²) >= 11 is 0. The number of anilines is 4. The van der Waals surface area contributed by atoms with Crippen LogP contribution in [-0.2, 0) is 72.6 Å². The predicted octanol–water partition coefficient (Wildman–Crippen LogP) is 9.66. The summed E-state index contributed by atoms with van der Waals surface area (Å²) in [6.07, 6.45) is 8.42. The number of H-pyrrole nitrogens is 1. The summed E-state index contributed by atoms with van der Waals surface area (Å²) in [6, 6.07) is 29.0. The molecule has 6 aromatic heterocycles. The van der Waals surface area contributed by atoms with E-state index < -0.39 is 29.4 Å². The average Bonchev–Trinajstić information content (AvgIpc) is 1.48. The van der Waals surface area contributed by atoms with Crippen LogP contribution in [0.3, 0.4) is 0 Å². The molecule has 15 rings (SSSR count). The number of fused-ring (bicyclic) bond motifs is 6. The number of benzene rings is 6. The van der Waals surface area contributed by atoms with E-state index in [1.807, 2.05) is 18.2 Å². The van der Waals surface area contributed by atoms with Crippen LogP contribution in [0.1, 0.15) is 88.0 Å². The van der Waals surface area contributed by atoms with Crippen molar-refractivity contribution in [1.29, 1.82) is 0 Å². The number of rotatable bonds is 15. The Kier molecular flexibility index (Phi) is 19.3. The summed E-state index contributed by atoms with van der Waals surface area (Å²) in [7, 11) is 0. The van der Waals surface area contributed by atoms with Gasteiger partial charge in [0.1, 0.15) is 46.5 Å². The first-order valence-corrected chi connectivity index (χ1v) is 31.2. The van der Waals surface area contributed by atoms with Crippen molar-refractivity contribution < 1.29 is 50.5 Å². The van der Waals surface area contributed by atoms with Gasteiger partial charge in [0, 0.05) is 90.8 Å². The Morgan fingerprint density at radius 1 is 0.469 bits per heavy atom. The molecule has 0 bridgehead atoms. The largest absolute Gasteiger partial charge is 0.381 e. The minimum atomic E-state index is -0.753. The molecule has 9 N–H and O–H groups in total. The molecule has 0 aliphatic carbocycles. The fraction of sp³-hybridized carbons (Fsp3) is 0.217. The fourth-order valence-electron chi connectivity index (χ4n) is 11.7. The van der Waals surface area contributed by atoms with Gasteiger partial charge in [0.25, 0.3) is 17.8 Å². The van der Waals surface area contributed by atoms with Gasteiger partial charge in [-0.3, -0.25) is 24.8 Å². The number of carbonyl (C=O) groups is 3. The lowest BCUT2D eigenvalue weighted by molar-refractivity contribution is 0.0993. The highest BCUT2D eigenvalue weighted by molar-refractivity contribution is 6.12. The smallest absolute Gasteiger partial charge is 0.258 e. The van der Waals surface area contributed by atoms with Crippen molar-refractivity contribution in [2.45, 2.75) is 64.8 Å². The zero-order chi connectivity index (χ0) is 67.8. The van der Waals surface area contributed by atoms with Crippen molar-refractivity contribution in [3.63, 3.8) is 0 Å². The molecule has 0 unspecified atom stereocenters. The van der Waals surface area contributed by atoms with Crippen LogP contribution in [0.5, 0.6) is 0 Å². The van der Waals surface area contributed by atoms with Gasteiger partial charge in [-0.2, -0.15) is 39.6 Å². The van der Waals surface area contributed by atoms with Gasteiger partial charge in [-0.25, -0.2) is 36.9 Å². The number of amides is 3. The number of nitrogens with two attached hydrogens (primary N) is 2. The maximum atomic E-state index is 14.2. The molecule has 0 atom stereocenters. The fourth-order valence-corrected chi connectivity index (χ4v) is 11.7. The molecule has 0 saturated heterocycles. The SMILES string of the molecule is NC(=O)c1cc(F)cc2c1cnn2-c1nc2c(c(NCc3cccc(F)c3)n1)CCOCC2.NC(=O)c1cccc2c1cnn2-c1nc2c(c(NCc3cccc(F)c3)n1)CCOCC2.O=C(Nc1nc2c(c(NCc3cccc(F)c3)n1)COCCC2)c1cc(F)cc2[nH]ncc12. The van der Waals surface area contributed by atoms with Crippen molar-refractivity contribution >= 4 is 73.8 Å². The molecule has 98 heavy (non-hydrogen) atoms. The molecule has 0 saturated carbocycles. The van der Waals surface area contributed by atoms with Gasteiger partial charge in [-0.15, -0.1) is 0 Å². The first-order valence-electron chi connectivity index (χ1n) is 31.2. The summed E-state index contributed by atoms with van der Waals surface area (Å²) in [5.41, 5.74) is 20.3. The minimum absolute atomic E-state index is 0.0314. The van der Waals surface area contributed by atoms with Gasteiger partial charge in [0.2, 0.25) is 17.8 Å². The third-order valence-corrected chi connectivity index (χ3v) is 16.4. The molecule has 0 spiro atoms. The highest BCUT2D eigenvalue weighted by Crippen LogP contribution is 2.31. The molecule has 0 fully saturated rings. The lowest BCUT2D eigenvalue weighted by atomic mass is 10.1. The maximum absolute atomic E-state index is 14.2. The molecule has 9 heterocycles. The summed E-state index contributed by atoms with van der Waals surface area (Å²) < 4.78 is 88.8. The topological polar surface area (TPSA) is 321 Å². The van der Waals surface area contributed by atoms with Crippen LogP contribution in [-0.4, -0.2) is 110 Å². The van der Waals surface area contributed by atoms with Crippen LogP contribution in [0, 0.1) is 29.1 Å². The van der Waals surface area contributed by atoms with Crippen LogP contribution < -0.4 is 32.7 Å². The zero-order valence-corrected chi connectivity index (χ0v) is 52.2. The van der Waals surface area contributed by atoms with Gasteiger partial charge in [0.15, 0.2) is 0 Å². The highest BCUT2D eigenvalue weighted by atomic mass is 19.1. The second-order valence-corrected chi connectivity index (χ2v) is 23.0. The minimum Gasteiger partial charge on any atom is -0.381 e. The number of nitrogens with one attached hydrogen (secondary N) is 5. The number of hydrogen-bond acceptors (Lipinski definition) is 18. The van der Waals surface area contributed by atoms with E-state index in [0.717, 1.165) is 69.0 Å². The van der Waals surface area contributed by atoms with E-state index in [1.165, 1.54) is 65.6 Å². The summed E-state index contributed by atoms with van der Waals surface area (Å²) in [4.78, 5) is 64.4. The number of halogens is 5. The average molecular weight is 1330 g/mol. The van der Waals surface area contributed by atoms with Gasteiger partial charge in [-0.05, 0) is 96.3 Å². The molecule has 24 nitrogen and oxygen atoms in total. The van der Waals surface area contributed by atoms with Crippen LogP contribution in [0.2, 0.25) is 0 Å². The van der Waals surface area contributed by atoms with E-state index in [9.17, 15) is 36.3 Å². The summed E-state index contributed by atoms with van der Waals surface area (Å²) in [5.74, 6) is -1.53. The lowest BCUT2D eigenvalue weighted by Gasteiger charge is -2.15. The molecule has 29 heteroatoms. The van der Waals surface area contributed by atoms with Gasteiger partial charge in [0.05, 0.1) is 102 Å². The summed E-state index contributed by atoms with van der Waals surface area (Å²) in [5, 5.41) is 29.3. The third-order valence-electron chi connectivity index (χ3n) is 16.4. The zero-order valence-electron chi connectivity index (χ0n) is 52.2.